The fourth-order valence-corrected chi connectivity index (χ4v) is 5.38. The summed E-state index contributed by atoms with van der Waals surface area (Å²) < 4.78 is 27.0. The van der Waals surface area contributed by atoms with Gasteiger partial charge in [-0.15, -0.1) is 0 Å². The second kappa shape index (κ2) is 6.34. The number of fused-ring (bicyclic) bond motifs is 5. The zero-order valence-corrected chi connectivity index (χ0v) is 17.0. The van der Waals surface area contributed by atoms with Crippen LogP contribution in [0.3, 0.4) is 0 Å². The second-order valence-electron chi connectivity index (χ2n) is 8.46. The normalized spacial score (nSPS) is 31.1. The summed E-state index contributed by atoms with van der Waals surface area (Å²) in [5, 5.41) is 6.72. The highest BCUT2D eigenvalue weighted by atomic mass is 19.1. The van der Waals surface area contributed by atoms with E-state index in [1.54, 1.807) is 17.9 Å². The Bertz CT molecular complexity index is 1090. The molecule has 0 saturated carbocycles. The van der Waals surface area contributed by atoms with E-state index in [1.165, 1.54) is 0 Å². The lowest BCUT2D eigenvalue weighted by Crippen LogP contribution is -2.72. The Labute approximate surface area is 171 Å². The van der Waals surface area contributed by atoms with Crippen molar-refractivity contribution in [2.24, 2.45) is 5.41 Å². The molecule has 158 valence electrons. The first kappa shape index (κ1) is 19.2. The minimum absolute atomic E-state index is 0.00678. The van der Waals surface area contributed by atoms with Gasteiger partial charge in [0.15, 0.2) is 11.6 Å². The molecule has 4 heterocycles. The van der Waals surface area contributed by atoms with Gasteiger partial charge in [0.1, 0.15) is 5.41 Å². The number of carbonyl (C=O) groups is 3. The summed E-state index contributed by atoms with van der Waals surface area (Å²) in [6.45, 7) is 5.79. The van der Waals surface area contributed by atoms with Crippen molar-refractivity contribution < 1.29 is 28.0 Å². The van der Waals surface area contributed by atoms with Crippen LogP contribution in [0.25, 0.3) is 11.0 Å². The van der Waals surface area contributed by atoms with Gasteiger partial charge in [-0.25, -0.2) is 4.39 Å². The van der Waals surface area contributed by atoms with Crippen molar-refractivity contribution in [3.8, 4) is 0 Å². The summed E-state index contributed by atoms with van der Waals surface area (Å²) in [4.78, 5) is 40.1. The van der Waals surface area contributed by atoms with E-state index in [-0.39, 0.29) is 24.5 Å². The van der Waals surface area contributed by atoms with E-state index in [0.717, 1.165) is 0 Å². The van der Waals surface area contributed by atoms with Gasteiger partial charge in [0, 0.05) is 11.9 Å². The fourth-order valence-electron chi connectivity index (χ4n) is 5.38. The smallest absolute Gasteiger partial charge is 0.242 e. The lowest BCUT2D eigenvalue weighted by atomic mass is 9.63. The van der Waals surface area contributed by atoms with Crippen LogP contribution in [0.1, 0.15) is 37.9 Å². The van der Waals surface area contributed by atoms with Crippen molar-refractivity contribution in [3.05, 3.63) is 23.1 Å². The lowest BCUT2D eigenvalue weighted by molar-refractivity contribution is -0.159. The van der Waals surface area contributed by atoms with Gasteiger partial charge in [0.2, 0.25) is 17.4 Å². The first-order valence-corrected chi connectivity index (χ1v) is 10.1. The van der Waals surface area contributed by atoms with E-state index in [9.17, 15) is 14.4 Å². The maximum Gasteiger partial charge on any atom is 0.242 e. The first-order valence-electron chi connectivity index (χ1n) is 10.1. The summed E-state index contributed by atoms with van der Waals surface area (Å²) >= 11 is 0. The van der Waals surface area contributed by atoms with Gasteiger partial charge in [0.05, 0.1) is 36.1 Å². The molecule has 1 aromatic carbocycles. The molecule has 1 aromatic heterocycles. The van der Waals surface area contributed by atoms with Gasteiger partial charge in [-0.05, 0) is 38.3 Å². The van der Waals surface area contributed by atoms with Crippen molar-refractivity contribution in [1.82, 2.24) is 10.5 Å². The monoisotopic (exact) mass is 415 g/mol. The number of morpholine rings is 1. The van der Waals surface area contributed by atoms with Crippen LogP contribution in [0.15, 0.2) is 10.6 Å². The standard InChI is InChI=1S/C21H22FN3O5/c1-4-13-19-21(14(26)6-15(27)23-20(21)28)7-11-5-12-10(3)24-30-18(12)16(22)17(11)25(19)8-9(2)29-13/h5,9,13,19H,4,6-8H2,1-3H3,(H,23,27,28)/t9-,13+,19-,21?/m1/s1. The Morgan fingerprint density at radius 3 is 2.83 bits per heavy atom. The topological polar surface area (TPSA) is 102 Å². The number of nitrogens with zero attached hydrogens (tertiary/aromatic N) is 2. The largest absolute Gasteiger partial charge is 0.371 e. The predicted molar refractivity (Wildman–Crippen MR) is 103 cm³/mol. The minimum atomic E-state index is -1.52. The molecule has 4 atom stereocenters. The minimum Gasteiger partial charge on any atom is -0.371 e. The number of ether oxygens (including phenoxy) is 1. The highest BCUT2D eigenvalue weighted by Crippen LogP contribution is 2.50. The zero-order chi connectivity index (χ0) is 21.4. The van der Waals surface area contributed by atoms with Gasteiger partial charge in [-0.2, -0.15) is 0 Å². The van der Waals surface area contributed by atoms with Crippen molar-refractivity contribution in [2.75, 3.05) is 11.4 Å². The predicted octanol–water partition coefficient (Wildman–Crippen LogP) is 1.81. The molecule has 2 saturated heterocycles. The molecule has 2 fully saturated rings. The average Bonchev–Trinajstić information content (AvgIpc) is 3.06. The SMILES string of the molecule is CC[C@@H]1O[C@H](C)CN2c3c(cc4c(C)noc4c3F)CC3(C(=O)CC(=O)NC3=O)[C@@H]12. The Morgan fingerprint density at radius 2 is 2.13 bits per heavy atom. The Balaban J connectivity index is 1.80. The molecule has 3 aliphatic rings. The van der Waals surface area contributed by atoms with Crippen molar-refractivity contribution >= 4 is 34.3 Å². The quantitative estimate of drug-likeness (QED) is 0.560. The number of aryl methyl sites for hydroxylation is 1. The number of piperidine rings is 1. The summed E-state index contributed by atoms with van der Waals surface area (Å²) in [5.74, 6) is -2.24. The zero-order valence-electron chi connectivity index (χ0n) is 17.0. The molecule has 3 aliphatic heterocycles. The third kappa shape index (κ3) is 2.35. The Kier molecular flexibility index (Phi) is 4.05. The van der Waals surface area contributed by atoms with Crippen LogP contribution in [-0.2, 0) is 25.5 Å². The molecule has 0 bridgehead atoms. The number of hydrogen-bond acceptors (Lipinski definition) is 7. The number of benzene rings is 1. The van der Waals surface area contributed by atoms with Crippen LogP contribution in [0.2, 0.25) is 0 Å². The maximum absolute atomic E-state index is 15.6. The molecule has 2 amide bonds. The summed E-state index contributed by atoms with van der Waals surface area (Å²) in [5.41, 5.74) is -0.0841. The van der Waals surface area contributed by atoms with Crippen molar-refractivity contribution in [1.29, 1.82) is 0 Å². The molecular formula is C21H22FN3O5. The highest BCUT2D eigenvalue weighted by molar-refractivity contribution is 6.22. The third-order valence-corrected chi connectivity index (χ3v) is 6.63. The number of aromatic nitrogens is 1. The number of halogens is 1. The van der Waals surface area contributed by atoms with E-state index in [4.69, 9.17) is 9.26 Å². The van der Waals surface area contributed by atoms with Crippen molar-refractivity contribution in [2.45, 2.75) is 58.3 Å². The number of imide groups is 1. The van der Waals surface area contributed by atoms with E-state index >= 15 is 4.39 Å². The molecule has 30 heavy (non-hydrogen) atoms. The Morgan fingerprint density at radius 1 is 1.37 bits per heavy atom. The van der Waals surface area contributed by atoms with Gasteiger partial charge in [-0.1, -0.05) is 12.1 Å². The van der Waals surface area contributed by atoms with Crippen LogP contribution in [-0.4, -0.2) is 47.5 Å². The summed E-state index contributed by atoms with van der Waals surface area (Å²) in [6, 6.07) is 1.03. The molecule has 5 rings (SSSR count). The number of ketones is 1. The summed E-state index contributed by atoms with van der Waals surface area (Å²) in [6.07, 6.45) is -0.565. The molecule has 2 aromatic rings. The number of carbonyl (C=O) groups excluding carboxylic acids is 3. The van der Waals surface area contributed by atoms with E-state index in [2.05, 4.69) is 10.5 Å². The van der Waals surface area contributed by atoms with E-state index in [0.29, 0.717) is 35.3 Å². The molecule has 9 heteroatoms. The summed E-state index contributed by atoms with van der Waals surface area (Å²) in [7, 11) is 0. The molecular weight excluding hydrogens is 393 g/mol. The first-order chi connectivity index (χ1) is 14.3. The Hall–Kier alpha value is -2.81. The van der Waals surface area contributed by atoms with Crippen LogP contribution < -0.4 is 10.2 Å². The second-order valence-corrected chi connectivity index (χ2v) is 8.46. The number of Topliss-reactive ketones (excluding diaryl/α,β-unsaturated/α-hetero) is 1. The lowest BCUT2D eigenvalue weighted by Gasteiger charge is -2.56. The maximum atomic E-state index is 15.6. The number of rotatable bonds is 1. The molecule has 0 radical (unpaired) electrons. The molecule has 1 N–H and O–H groups in total. The van der Waals surface area contributed by atoms with Crippen LogP contribution in [0.4, 0.5) is 10.1 Å². The molecule has 0 aliphatic carbocycles. The molecule has 1 unspecified atom stereocenters. The molecule has 8 nitrogen and oxygen atoms in total. The number of nitrogens with one attached hydrogen (secondary N) is 1. The number of amides is 2. The van der Waals surface area contributed by atoms with E-state index < -0.39 is 41.0 Å². The number of hydrogen-bond donors (Lipinski definition) is 1. The highest BCUT2D eigenvalue weighted by Gasteiger charge is 2.63. The van der Waals surface area contributed by atoms with Crippen LogP contribution in [0, 0.1) is 18.2 Å². The van der Waals surface area contributed by atoms with Gasteiger partial charge in [0.25, 0.3) is 0 Å². The molecule has 1 spiro atoms. The fraction of sp³-hybridized carbons (Fsp3) is 0.524. The van der Waals surface area contributed by atoms with E-state index in [1.807, 2.05) is 13.8 Å². The van der Waals surface area contributed by atoms with Crippen molar-refractivity contribution in [3.63, 3.8) is 0 Å². The van der Waals surface area contributed by atoms with Gasteiger partial charge in [-0.3, -0.25) is 19.7 Å². The van der Waals surface area contributed by atoms with Crippen LogP contribution >= 0.6 is 0 Å². The van der Waals surface area contributed by atoms with Gasteiger partial charge < -0.3 is 14.2 Å². The van der Waals surface area contributed by atoms with Gasteiger partial charge >= 0.3 is 0 Å². The average molecular weight is 415 g/mol. The third-order valence-electron chi connectivity index (χ3n) is 6.63. The number of anilines is 1. The van der Waals surface area contributed by atoms with Crippen LogP contribution in [0.5, 0.6) is 0 Å².